The van der Waals surface area contributed by atoms with Crippen molar-refractivity contribution in [2.75, 3.05) is 6.54 Å². The summed E-state index contributed by atoms with van der Waals surface area (Å²) >= 11 is 1.68. The lowest BCUT2D eigenvalue weighted by Gasteiger charge is -2.08. The largest absolute Gasteiger partial charge is 0.352 e. The molecule has 0 aliphatic carbocycles. The molecule has 2 N–H and O–H groups in total. The molecule has 0 saturated carbocycles. The zero-order valence-corrected chi connectivity index (χ0v) is 11.0. The molecule has 3 nitrogen and oxygen atoms in total. The van der Waals surface area contributed by atoms with E-state index in [0.29, 0.717) is 19.0 Å². The first kappa shape index (κ1) is 13.2. The summed E-state index contributed by atoms with van der Waals surface area (Å²) in [5, 5.41) is 10.3. The summed E-state index contributed by atoms with van der Waals surface area (Å²) in [5.74, 6) is 0.110. The number of rotatable bonds is 6. The average Bonchev–Trinajstić information content (AvgIpc) is 2.60. The van der Waals surface area contributed by atoms with Crippen LogP contribution in [0.15, 0.2) is 10.8 Å². The summed E-state index contributed by atoms with van der Waals surface area (Å²) in [5.41, 5.74) is 2.47. The second-order valence-electron chi connectivity index (χ2n) is 4.22. The summed E-state index contributed by atoms with van der Waals surface area (Å²) in [6.45, 7) is 7.61. The van der Waals surface area contributed by atoms with Crippen LogP contribution in [-0.4, -0.2) is 18.5 Å². The average molecular weight is 240 g/mol. The number of carbonyl (C=O) groups is 1. The van der Waals surface area contributed by atoms with E-state index in [1.807, 2.05) is 0 Å². The van der Waals surface area contributed by atoms with Crippen LogP contribution in [0, 0.1) is 6.92 Å². The molecule has 0 unspecified atom stereocenters. The van der Waals surface area contributed by atoms with Gasteiger partial charge in [0.05, 0.1) is 0 Å². The van der Waals surface area contributed by atoms with Crippen molar-refractivity contribution < 1.29 is 4.79 Å². The Hall–Kier alpha value is -0.870. The molecular formula is C12H20N2OS. The molecule has 0 atom stereocenters. The van der Waals surface area contributed by atoms with E-state index in [4.69, 9.17) is 0 Å². The van der Waals surface area contributed by atoms with Crippen LogP contribution in [0.4, 0.5) is 0 Å². The Kier molecular flexibility index (Phi) is 5.49. The second kappa shape index (κ2) is 6.66. The van der Waals surface area contributed by atoms with Crippen LogP contribution in [0.2, 0.25) is 0 Å². The molecule has 1 rings (SSSR count). The first-order chi connectivity index (χ1) is 7.59. The molecule has 90 valence electrons. The predicted molar refractivity (Wildman–Crippen MR) is 68.7 cm³/mol. The number of amides is 1. The van der Waals surface area contributed by atoms with E-state index in [0.717, 1.165) is 6.54 Å². The maximum absolute atomic E-state index is 11.5. The lowest BCUT2D eigenvalue weighted by molar-refractivity contribution is -0.121. The van der Waals surface area contributed by atoms with Gasteiger partial charge in [-0.15, -0.1) is 0 Å². The SMILES string of the molecule is Cc1cscc1CNC(=O)CCNC(C)C. The van der Waals surface area contributed by atoms with E-state index < -0.39 is 0 Å². The van der Waals surface area contributed by atoms with Crippen LogP contribution >= 0.6 is 11.3 Å². The van der Waals surface area contributed by atoms with Crippen molar-refractivity contribution in [1.82, 2.24) is 10.6 Å². The lowest BCUT2D eigenvalue weighted by atomic mass is 10.2. The first-order valence-corrected chi connectivity index (χ1v) is 6.55. The molecule has 0 bridgehead atoms. The summed E-state index contributed by atoms with van der Waals surface area (Å²) in [6.07, 6.45) is 0.543. The van der Waals surface area contributed by atoms with Gasteiger partial charge in [0.2, 0.25) is 5.91 Å². The minimum absolute atomic E-state index is 0.110. The smallest absolute Gasteiger partial charge is 0.221 e. The molecule has 0 spiro atoms. The number of hydrogen-bond donors (Lipinski definition) is 2. The molecular weight excluding hydrogens is 220 g/mol. The van der Waals surface area contributed by atoms with Gasteiger partial charge in [-0.2, -0.15) is 11.3 Å². The number of aryl methyl sites for hydroxylation is 1. The van der Waals surface area contributed by atoms with E-state index in [-0.39, 0.29) is 5.91 Å². The van der Waals surface area contributed by atoms with Crippen molar-refractivity contribution in [3.05, 3.63) is 21.9 Å². The van der Waals surface area contributed by atoms with Crippen LogP contribution in [-0.2, 0) is 11.3 Å². The van der Waals surface area contributed by atoms with Crippen LogP contribution in [0.1, 0.15) is 31.4 Å². The quantitative estimate of drug-likeness (QED) is 0.799. The van der Waals surface area contributed by atoms with Gasteiger partial charge in [0, 0.05) is 25.6 Å². The van der Waals surface area contributed by atoms with E-state index >= 15 is 0 Å². The normalized spacial score (nSPS) is 10.8. The molecule has 1 aromatic rings. The molecule has 0 aliphatic rings. The third kappa shape index (κ3) is 4.77. The fraction of sp³-hybridized carbons (Fsp3) is 0.583. The van der Waals surface area contributed by atoms with Gasteiger partial charge in [-0.05, 0) is 28.8 Å². The third-order valence-electron chi connectivity index (χ3n) is 2.34. The molecule has 1 aromatic heterocycles. The first-order valence-electron chi connectivity index (χ1n) is 5.61. The summed E-state index contributed by atoms with van der Waals surface area (Å²) in [6, 6.07) is 0.437. The van der Waals surface area contributed by atoms with Gasteiger partial charge in [-0.25, -0.2) is 0 Å². The maximum atomic E-state index is 11.5. The second-order valence-corrected chi connectivity index (χ2v) is 4.96. The summed E-state index contributed by atoms with van der Waals surface area (Å²) in [7, 11) is 0. The predicted octanol–water partition coefficient (Wildman–Crippen LogP) is 2.06. The summed E-state index contributed by atoms with van der Waals surface area (Å²) < 4.78 is 0. The summed E-state index contributed by atoms with van der Waals surface area (Å²) in [4.78, 5) is 11.5. The maximum Gasteiger partial charge on any atom is 0.221 e. The van der Waals surface area contributed by atoms with Crippen molar-refractivity contribution in [2.45, 2.75) is 39.8 Å². The van der Waals surface area contributed by atoms with Crippen LogP contribution < -0.4 is 10.6 Å². The van der Waals surface area contributed by atoms with Crippen molar-refractivity contribution in [1.29, 1.82) is 0 Å². The standard InChI is InChI=1S/C12H20N2OS/c1-9(2)13-5-4-12(15)14-6-11-8-16-7-10(11)3/h7-9,13H,4-6H2,1-3H3,(H,14,15). The Labute approximate surface area is 101 Å². The lowest BCUT2D eigenvalue weighted by Crippen LogP contribution is -2.30. The van der Waals surface area contributed by atoms with E-state index in [1.165, 1.54) is 11.1 Å². The van der Waals surface area contributed by atoms with Gasteiger partial charge in [-0.1, -0.05) is 13.8 Å². The topological polar surface area (TPSA) is 41.1 Å². The molecule has 0 fully saturated rings. The van der Waals surface area contributed by atoms with E-state index in [9.17, 15) is 4.79 Å². The van der Waals surface area contributed by atoms with Gasteiger partial charge >= 0.3 is 0 Å². The molecule has 4 heteroatoms. The molecule has 0 saturated heterocycles. The minimum atomic E-state index is 0.110. The van der Waals surface area contributed by atoms with Gasteiger partial charge in [-0.3, -0.25) is 4.79 Å². The van der Waals surface area contributed by atoms with Gasteiger partial charge in [0.25, 0.3) is 0 Å². The zero-order chi connectivity index (χ0) is 12.0. The Balaban J connectivity index is 2.18. The Morgan fingerprint density at radius 3 is 2.75 bits per heavy atom. The molecule has 1 amide bonds. The minimum Gasteiger partial charge on any atom is -0.352 e. The highest BCUT2D eigenvalue weighted by molar-refractivity contribution is 7.08. The number of carbonyl (C=O) groups excluding carboxylic acids is 1. The molecule has 16 heavy (non-hydrogen) atoms. The highest BCUT2D eigenvalue weighted by Crippen LogP contribution is 2.12. The van der Waals surface area contributed by atoms with Crippen LogP contribution in [0.5, 0.6) is 0 Å². The van der Waals surface area contributed by atoms with Gasteiger partial charge < -0.3 is 10.6 Å². The molecule has 0 radical (unpaired) electrons. The van der Waals surface area contributed by atoms with Crippen molar-refractivity contribution in [2.24, 2.45) is 0 Å². The molecule has 1 heterocycles. The van der Waals surface area contributed by atoms with Gasteiger partial charge in [0.15, 0.2) is 0 Å². The third-order valence-corrected chi connectivity index (χ3v) is 3.25. The van der Waals surface area contributed by atoms with Crippen LogP contribution in [0.3, 0.4) is 0 Å². The molecule has 0 aliphatic heterocycles. The fourth-order valence-electron chi connectivity index (χ4n) is 1.32. The molecule has 0 aromatic carbocycles. The highest BCUT2D eigenvalue weighted by Gasteiger charge is 2.03. The van der Waals surface area contributed by atoms with Crippen LogP contribution in [0.25, 0.3) is 0 Å². The Morgan fingerprint density at radius 1 is 1.44 bits per heavy atom. The zero-order valence-electron chi connectivity index (χ0n) is 10.2. The number of thiophene rings is 1. The number of nitrogens with one attached hydrogen (secondary N) is 2. The number of hydrogen-bond acceptors (Lipinski definition) is 3. The van der Waals surface area contributed by atoms with Gasteiger partial charge in [0.1, 0.15) is 0 Å². The van der Waals surface area contributed by atoms with E-state index in [2.05, 4.69) is 42.2 Å². The van der Waals surface area contributed by atoms with Crippen molar-refractivity contribution in [3.8, 4) is 0 Å². The van der Waals surface area contributed by atoms with Crippen molar-refractivity contribution >= 4 is 17.2 Å². The monoisotopic (exact) mass is 240 g/mol. The fourth-order valence-corrected chi connectivity index (χ4v) is 2.18. The van der Waals surface area contributed by atoms with Crippen molar-refractivity contribution in [3.63, 3.8) is 0 Å². The Bertz CT molecular complexity index is 334. The van der Waals surface area contributed by atoms with E-state index in [1.54, 1.807) is 11.3 Å². The Morgan fingerprint density at radius 2 is 2.19 bits per heavy atom. The highest BCUT2D eigenvalue weighted by atomic mass is 32.1.